The summed E-state index contributed by atoms with van der Waals surface area (Å²) in [5.74, 6) is -2.20. The van der Waals surface area contributed by atoms with Crippen LogP contribution in [0.2, 0.25) is 0 Å². The Morgan fingerprint density at radius 2 is 1.67 bits per heavy atom. The van der Waals surface area contributed by atoms with Gasteiger partial charge >= 0.3 is 0 Å². The molecule has 36 heavy (non-hydrogen) atoms. The van der Waals surface area contributed by atoms with Gasteiger partial charge in [-0.15, -0.1) is 0 Å². The fraction of sp³-hybridized carbons (Fsp3) is 0.179. The van der Waals surface area contributed by atoms with Crippen molar-refractivity contribution in [3.05, 3.63) is 112 Å². The third-order valence-corrected chi connectivity index (χ3v) is 5.90. The molecule has 182 valence electrons. The number of rotatable bonds is 9. The molecule has 1 atom stereocenters. The topological polar surface area (TPSA) is 121 Å². The number of fused-ring (bicyclic) bond motifs is 1. The zero-order valence-electron chi connectivity index (χ0n) is 19.8. The molecule has 0 bridgehead atoms. The summed E-state index contributed by atoms with van der Waals surface area (Å²) in [4.78, 5) is 59.0. The third kappa shape index (κ3) is 5.72. The van der Waals surface area contributed by atoms with Gasteiger partial charge in [-0.1, -0.05) is 48.5 Å². The molecule has 3 N–H and O–H groups in total. The molecule has 2 heterocycles. The van der Waals surface area contributed by atoms with Gasteiger partial charge in [0.2, 0.25) is 5.78 Å². The Balaban J connectivity index is 1.53. The van der Waals surface area contributed by atoms with E-state index in [0.717, 1.165) is 11.3 Å². The summed E-state index contributed by atoms with van der Waals surface area (Å²) in [5, 5.41) is 5.76. The van der Waals surface area contributed by atoms with Crippen LogP contribution in [0.25, 0.3) is 10.9 Å². The normalized spacial score (nSPS) is 11.6. The molecular weight excluding hydrogens is 456 g/mol. The summed E-state index contributed by atoms with van der Waals surface area (Å²) in [6, 6.07) is 20.3. The van der Waals surface area contributed by atoms with E-state index in [-0.39, 0.29) is 29.7 Å². The summed E-state index contributed by atoms with van der Waals surface area (Å²) in [6.07, 6.45) is 2.25. The largest absolute Gasteiger partial charge is 0.350 e. The Kier molecular flexibility index (Phi) is 7.65. The van der Waals surface area contributed by atoms with Crippen LogP contribution >= 0.6 is 0 Å². The van der Waals surface area contributed by atoms with E-state index in [0.29, 0.717) is 17.3 Å². The minimum Gasteiger partial charge on any atom is -0.350 e. The second-order valence-electron chi connectivity index (χ2n) is 8.41. The Morgan fingerprint density at radius 3 is 2.42 bits per heavy atom. The molecule has 2 amide bonds. The van der Waals surface area contributed by atoms with E-state index in [2.05, 4.69) is 20.6 Å². The molecule has 0 unspecified atom stereocenters. The van der Waals surface area contributed by atoms with Crippen molar-refractivity contribution in [1.29, 1.82) is 0 Å². The van der Waals surface area contributed by atoms with Gasteiger partial charge in [0.15, 0.2) is 5.43 Å². The number of carbonyl (C=O) groups is 3. The van der Waals surface area contributed by atoms with Crippen molar-refractivity contribution in [2.45, 2.75) is 25.8 Å². The molecule has 0 aliphatic rings. The first-order valence-electron chi connectivity index (χ1n) is 11.6. The van der Waals surface area contributed by atoms with Gasteiger partial charge < -0.3 is 15.6 Å². The van der Waals surface area contributed by atoms with E-state index in [4.69, 9.17) is 0 Å². The second-order valence-corrected chi connectivity index (χ2v) is 8.41. The smallest absolute Gasteiger partial charge is 0.289 e. The lowest BCUT2D eigenvalue weighted by Crippen LogP contribution is -2.49. The number of ketones is 1. The van der Waals surface area contributed by atoms with Crippen LogP contribution < -0.4 is 16.1 Å². The van der Waals surface area contributed by atoms with Crippen molar-refractivity contribution in [2.24, 2.45) is 0 Å². The summed E-state index contributed by atoms with van der Waals surface area (Å²) in [6.45, 7) is 1.78. The average Bonchev–Trinajstić information content (AvgIpc) is 2.91. The number of benzene rings is 2. The van der Waals surface area contributed by atoms with Gasteiger partial charge in [-0.3, -0.25) is 24.2 Å². The van der Waals surface area contributed by atoms with Crippen LogP contribution in [0.3, 0.4) is 0 Å². The number of H-pyrrole nitrogens is 1. The first-order valence-corrected chi connectivity index (χ1v) is 11.6. The van der Waals surface area contributed by atoms with E-state index in [9.17, 15) is 19.2 Å². The molecule has 4 aromatic rings. The number of aromatic nitrogens is 2. The third-order valence-electron chi connectivity index (χ3n) is 5.90. The number of pyridine rings is 2. The number of hydrogen-bond acceptors (Lipinski definition) is 5. The van der Waals surface area contributed by atoms with Gasteiger partial charge in [0.1, 0.15) is 11.7 Å². The van der Waals surface area contributed by atoms with Crippen molar-refractivity contribution in [3.8, 4) is 0 Å². The van der Waals surface area contributed by atoms with Crippen molar-refractivity contribution in [2.75, 3.05) is 6.54 Å². The van der Waals surface area contributed by atoms with E-state index in [1.54, 1.807) is 43.5 Å². The highest BCUT2D eigenvalue weighted by molar-refractivity contribution is 6.38. The maximum Gasteiger partial charge on any atom is 0.289 e. The quantitative estimate of drug-likeness (QED) is 0.317. The molecule has 4 rings (SSSR count). The zero-order chi connectivity index (χ0) is 25.5. The highest BCUT2D eigenvalue weighted by Crippen LogP contribution is 2.12. The standard InChI is InChI=1S/C28H26N4O4/c1-18-24(31-22-13-6-5-12-21(22)25(18)33)27(35)32-23(17-19-9-3-2-4-10-19)26(34)28(36)30-16-14-20-11-7-8-15-29-20/h2-13,15,23H,14,16-17H2,1H3,(H,30,36)(H,31,33)(H,32,35)/t23-/m0/s1. The minimum absolute atomic E-state index is 0.0557. The van der Waals surface area contributed by atoms with Crippen LogP contribution in [-0.4, -0.2) is 40.2 Å². The average molecular weight is 483 g/mol. The second kappa shape index (κ2) is 11.2. The van der Waals surface area contributed by atoms with Gasteiger partial charge in [-0.25, -0.2) is 0 Å². The van der Waals surface area contributed by atoms with Crippen LogP contribution in [0, 0.1) is 6.92 Å². The lowest BCUT2D eigenvalue weighted by atomic mass is 10.0. The van der Waals surface area contributed by atoms with E-state index >= 15 is 0 Å². The first-order chi connectivity index (χ1) is 17.4. The van der Waals surface area contributed by atoms with Gasteiger partial charge in [0.05, 0.1) is 0 Å². The molecule has 0 fully saturated rings. The van der Waals surface area contributed by atoms with Gasteiger partial charge in [-0.2, -0.15) is 0 Å². The van der Waals surface area contributed by atoms with E-state index < -0.39 is 23.6 Å². The van der Waals surface area contributed by atoms with Crippen LogP contribution in [-0.2, 0) is 22.4 Å². The number of Topliss-reactive ketones (excluding diaryl/α,β-unsaturated/α-hetero) is 1. The molecule has 0 radical (unpaired) electrons. The van der Waals surface area contributed by atoms with Gasteiger partial charge in [0, 0.05) is 47.7 Å². The molecular formula is C28H26N4O4. The summed E-state index contributed by atoms with van der Waals surface area (Å²) in [5.41, 5.74) is 2.09. The predicted molar refractivity (Wildman–Crippen MR) is 137 cm³/mol. The van der Waals surface area contributed by atoms with Gasteiger partial charge in [0.25, 0.3) is 11.8 Å². The van der Waals surface area contributed by atoms with Crippen molar-refractivity contribution in [3.63, 3.8) is 0 Å². The minimum atomic E-state index is -1.12. The lowest BCUT2D eigenvalue weighted by molar-refractivity contribution is -0.138. The molecule has 2 aromatic heterocycles. The van der Waals surface area contributed by atoms with Crippen LogP contribution in [0.5, 0.6) is 0 Å². The lowest BCUT2D eigenvalue weighted by Gasteiger charge is -2.18. The Labute approximate surface area is 207 Å². The maximum absolute atomic E-state index is 13.2. The van der Waals surface area contributed by atoms with E-state index in [1.165, 1.54) is 0 Å². The zero-order valence-corrected chi connectivity index (χ0v) is 19.8. The summed E-state index contributed by atoms with van der Waals surface area (Å²) >= 11 is 0. The fourth-order valence-electron chi connectivity index (χ4n) is 3.95. The van der Waals surface area contributed by atoms with Crippen LogP contribution in [0.15, 0.2) is 83.8 Å². The number of nitrogens with one attached hydrogen (secondary N) is 3. The van der Waals surface area contributed by atoms with Crippen molar-refractivity contribution in [1.82, 2.24) is 20.6 Å². The first kappa shape index (κ1) is 24.5. The fourth-order valence-corrected chi connectivity index (χ4v) is 3.95. The van der Waals surface area contributed by atoms with E-state index in [1.807, 2.05) is 42.5 Å². The monoisotopic (exact) mass is 482 g/mol. The highest BCUT2D eigenvalue weighted by atomic mass is 16.2. The number of aromatic amines is 1. The summed E-state index contributed by atoms with van der Waals surface area (Å²) in [7, 11) is 0. The molecule has 0 aliphatic heterocycles. The molecule has 2 aromatic carbocycles. The Morgan fingerprint density at radius 1 is 0.944 bits per heavy atom. The molecule has 0 aliphatic carbocycles. The predicted octanol–water partition coefficient (Wildman–Crippen LogP) is 2.50. The van der Waals surface area contributed by atoms with Gasteiger partial charge in [-0.05, 0) is 36.8 Å². The molecule has 0 saturated heterocycles. The highest BCUT2D eigenvalue weighted by Gasteiger charge is 2.28. The Hall–Kier alpha value is -4.59. The SMILES string of the molecule is Cc1c(C(=O)N[C@@H](Cc2ccccc2)C(=O)C(=O)NCCc2ccccn2)[nH]c2ccccc2c1=O. The molecule has 8 heteroatoms. The maximum atomic E-state index is 13.2. The number of amides is 2. The van der Waals surface area contributed by atoms with Crippen molar-refractivity contribution < 1.29 is 14.4 Å². The van der Waals surface area contributed by atoms with Crippen LogP contribution in [0.1, 0.15) is 27.3 Å². The number of nitrogens with zero attached hydrogens (tertiary/aromatic N) is 1. The molecule has 8 nitrogen and oxygen atoms in total. The summed E-state index contributed by atoms with van der Waals surface area (Å²) < 4.78 is 0. The van der Waals surface area contributed by atoms with Crippen LogP contribution in [0.4, 0.5) is 0 Å². The molecule has 0 spiro atoms. The number of carbonyl (C=O) groups excluding carboxylic acids is 3. The molecule has 0 saturated carbocycles. The Bertz CT molecular complexity index is 1450. The van der Waals surface area contributed by atoms with Crippen molar-refractivity contribution >= 4 is 28.5 Å². The number of para-hydroxylation sites is 1. The number of hydrogen-bond donors (Lipinski definition) is 3.